The number of hydrogen-bond acceptors (Lipinski definition) is 3. The molecule has 24 heavy (non-hydrogen) atoms. The Morgan fingerprint density at radius 3 is 3.12 bits per heavy atom. The first-order chi connectivity index (χ1) is 11.8. The van der Waals surface area contributed by atoms with Crippen LogP contribution in [0.3, 0.4) is 0 Å². The van der Waals surface area contributed by atoms with Crippen molar-refractivity contribution in [2.45, 2.75) is 38.6 Å². The first kappa shape index (κ1) is 17.1. The van der Waals surface area contributed by atoms with Crippen molar-refractivity contribution in [1.29, 1.82) is 0 Å². The molecule has 3 rings (SSSR count). The van der Waals surface area contributed by atoms with E-state index >= 15 is 0 Å². The molecule has 2 heterocycles. The molecule has 0 aliphatic carbocycles. The summed E-state index contributed by atoms with van der Waals surface area (Å²) in [4.78, 5) is 6.89. The van der Waals surface area contributed by atoms with Crippen molar-refractivity contribution in [2.75, 3.05) is 39.8 Å². The molecular formula is C19H30N4O. The van der Waals surface area contributed by atoms with Crippen molar-refractivity contribution in [3.05, 3.63) is 29.3 Å². The highest BCUT2D eigenvalue weighted by Crippen LogP contribution is 2.25. The molecule has 1 aromatic carbocycles. The van der Waals surface area contributed by atoms with Crippen LogP contribution in [0.25, 0.3) is 0 Å². The molecule has 2 aliphatic rings. The van der Waals surface area contributed by atoms with E-state index in [0.717, 1.165) is 50.8 Å². The molecule has 5 nitrogen and oxygen atoms in total. The third kappa shape index (κ3) is 4.20. The second-order valence-corrected chi connectivity index (χ2v) is 6.60. The second-order valence-electron chi connectivity index (χ2n) is 6.60. The second kappa shape index (κ2) is 8.38. The maximum Gasteiger partial charge on any atom is 0.191 e. The SMILES string of the molecule is CCN1CCCC1CNC(=NC)NCCc1ccc2c(c1)CCO2. The van der Waals surface area contributed by atoms with Crippen molar-refractivity contribution in [2.24, 2.45) is 4.99 Å². The van der Waals surface area contributed by atoms with Crippen molar-refractivity contribution in [3.8, 4) is 5.75 Å². The van der Waals surface area contributed by atoms with Crippen LogP contribution in [-0.2, 0) is 12.8 Å². The standard InChI is InChI=1S/C19H30N4O/c1-3-23-11-4-5-17(23)14-22-19(20-2)21-10-8-15-6-7-18-16(13-15)9-12-24-18/h6-7,13,17H,3-5,8-12,14H2,1-2H3,(H2,20,21,22). The molecule has 1 aromatic rings. The average molecular weight is 330 g/mol. The van der Waals surface area contributed by atoms with Gasteiger partial charge in [-0.1, -0.05) is 19.1 Å². The molecule has 1 atom stereocenters. The summed E-state index contributed by atoms with van der Waals surface area (Å²) in [6.45, 7) is 7.30. The van der Waals surface area contributed by atoms with E-state index in [1.807, 2.05) is 7.05 Å². The van der Waals surface area contributed by atoms with Gasteiger partial charge in [-0.25, -0.2) is 0 Å². The van der Waals surface area contributed by atoms with Crippen molar-refractivity contribution < 1.29 is 4.74 Å². The Balaban J connectivity index is 1.41. The number of aliphatic imine (C=N–C) groups is 1. The van der Waals surface area contributed by atoms with E-state index in [1.165, 1.54) is 30.5 Å². The zero-order valence-corrected chi connectivity index (χ0v) is 15.0. The first-order valence-corrected chi connectivity index (χ1v) is 9.23. The summed E-state index contributed by atoms with van der Waals surface area (Å²) in [5.74, 6) is 1.96. The molecule has 0 bridgehead atoms. The van der Waals surface area contributed by atoms with Gasteiger partial charge in [0.15, 0.2) is 5.96 Å². The van der Waals surface area contributed by atoms with Crippen LogP contribution in [0, 0.1) is 0 Å². The van der Waals surface area contributed by atoms with Crippen molar-refractivity contribution in [3.63, 3.8) is 0 Å². The number of rotatable bonds is 6. The predicted molar refractivity (Wildman–Crippen MR) is 99.0 cm³/mol. The Kier molecular flexibility index (Phi) is 5.96. The molecule has 0 saturated carbocycles. The van der Waals surface area contributed by atoms with E-state index < -0.39 is 0 Å². The van der Waals surface area contributed by atoms with Crippen LogP contribution >= 0.6 is 0 Å². The molecule has 1 fully saturated rings. The summed E-state index contributed by atoms with van der Waals surface area (Å²) < 4.78 is 5.56. The lowest BCUT2D eigenvalue weighted by molar-refractivity contribution is 0.267. The highest BCUT2D eigenvalue weighted by molar-refractivity contribution is 5.79. The molecule has 1 saturated heterocycles. The van der Waals surface area contributed by atoms with Gasteiger partial charge in [-0.3, -0.25) is 9.89 Å². The molecular weight excluding hydrogens is 300 g/mol. The van der Waals surface area contributed by atoms with Gasteiger partial charge in [-0.2, -0.15) is 0 Å². The van der Waals surface area contributed by atoms with Gasteiger partial charge in [0.1, 0.15) is 5.75 Å². The maximum atomic E-state index is 5.56. The Hall–Kier alpha value is -1.75. The maximum absolute atomic E-state index is 5.56. The molecule has 0 spiro atoms. The van der Waals surface area contributed by atoms with E-state index in [0.29, 0.717) is 6.04 Å². The Bertz CT molecular complexity index is 572. The van der Waals surface area contributed by atoms with Gasteiger partial charge in [0, 0.05) is 32.6 Å². The minimum absolute atomic E-state index is 0.644. The van der Waals surface area contributed by atoms with Crippen LogP contribution in [0.2, 0.25) is 0 Å². The van der Waals surface area contributed by atoms with Crippen LogP contribution in [0.5, 0.6) is 5.75 Å². The quantitative estimate of drug-likeness (QED) is 0.617. The summed E-state index contributed by atoms with van der Waals surface area (Å²) in [5, 5.41) is 6.91. The minimum atomic E-state index is 0.644. The molecule has 0 aromatic heterocycles. The number of nitrogens with one attached hydrogen (secondary N) is 2. The number of likely N-dealkylation sites (N-methyl/N-ethyl adjacent to an activating group) is 1. The lowest BCUT2D eigenvalue weighted by Gasteiger charge is -2.24. The van der Waals surface area contributed by atoms with Gasteiger partial charge in [0.25, 0.3) is 0 Å². The van der Waals surface area contributed by atoms with Crippen LogP contribution in [0.1, 0.15) is 30.9 Å². The summed E-state index contributed by atoms with van der Waals surface area (Å²) in [5.41, 5.74) is 2.70. The van der Waals surface area contributed by atoms with Crippen molar-refractivity contribution >= 4 is 5.96 Å². The fourth-order valence-corrected chi connectivity index (χ4v) is 3.70. The largest absolute Gasteiger partial charge is 0.493 e. The number of likely N-dealkylation sites (tertiary alicyclic amines) is 1. The third-order valence-electron chi connectivity index (χ3n) is 5.09. The van der Waals surface area contributed by atoms with E-state index in [2.05, 4.69) is 45.6 Å². The molecule has 2 N–H and O–H groups in total. The Morgan fingerprint density at radius 2 is 2.29 bits per heavy atom. The molecule has 2 aliphatic heterocycles. The average Bonchev–Trinajstić information content (AvgIpc) is 3.25. The monoisotopic (exact) mass is 330 g/mol. The summed E-state index contributed by atoms with van der Waals surface area (Å²) in [6, 6.07) is 7.19. The lowest BCUT2D eigenvalue weighted by atomic mass is 10.1. The number of guanidine groups is 1. The smallest absolute Gasteiger partial charge is 0.191 e. The van der Waals surface area contributed by atoms with Crippen LogP contribution in [-0.4, -0.2) is 56.7 Å². The van der Waals surface area contributed by atoms with Crippen LogP contribution in [0.15, 0.2) is 23.2 Å². The van der Waals surface area contributed by atoms with E-state index in [4.69, 9.17) is 4.74 Å². The van der Waals surface area contributed by atoms with Gasteiger partial charge in [-0.15, -0.1) is 0 Å². The zero-order valence-electron chi connectivity index (χ0n) is 15.0. The molecule has 0 radical (unpaired) electrons. The highest BCUT2D eigenvalue weighted by atomic mass is 16.5. The zero-order chi connectivity index (χ0) is 16.8. The van der Waals surface area contributed by atoms with E-state index in [1.54, 1.807) is 0 Å². The number of ether oxygens (including phenoxy) is 1. The normalized spacial score (nSPS) is 20.8. The highest BCUT2D eigenvalue weighted by Gasteiger charge is 2.22. The van der Waals surface area contributed by atoms with Crippen LogP contribution < -0.4 is 15.4 Å². The Morgan fingerprint density at radius 1 is 1.38 bits per heavy atom. The first-order valence-electron chi connectivity index (χ1n) is 9.23. The van der Waals surface area contributed by atoms with Crippen molar-refractivity contribution in [1.82, 2.24) is 15.5 Å². The third-order valence-corrected chi connectivity index (χ3v) is 5.09. The predicted octanol–water partition coefficient (Wildman–Crippen LogP) is 1.81. The molecule has 5 heteroatoms. The van der Waals surface area contributed by atoms with Gasteiger partial charge < -0.3 is 15.4 Å². The van der Waals surface area contributed by atoms with Gasteiger partial charge in [0.05, 0.1) is 6.61 Å². The molecule has 1 unspecified atom stereocenters. The summed E-state index contributed by atoms with van der Waals surface area (Å²) in [7, 11) is 1.84. The molecule has 0 amide bonds. The van der Waals surface area contributed by atoms with E-state index in [-0.39, 0.29) is 0 Å². The number of nitrogens with zero attached hydrogens (tertiary/aromatic N) is 2. The minimum Gasteiger partial charge on any atom is -0.493 e. The van der Waals surface area contributed by atoms with Gasteiger partial charge in [0.2, 0.25) is 0 Å². The summed E-state index contributed by atoms with van der Waals surface area (Å²) >= 11 is 0. The number of hydrogen-bond donors (Lipinski definition) is 2. The fraction of sp³-hybridized carbons (Fsp3) is 0.632. The fourth-order valence-electron chi connectivity index (χ4n) is 3.70. The van der Waals surface area contributed by atoms with Crippen LogP contribution in [0.4, 0.5) is 0 Å². The van der Waals surface area contributed by atoms with E-state index in [9.17, 15) is 0 Å². The number of benzene rings is 1. The topological polar surface area (TPSA) is 48.9 Å². The number of fused-ring (bicyclic) bond motifs is 1. The van der Waals surface area contributed by atoms with Gasteiger partial charge in [-0.05, 0) is 49.5 Å². The Labute approximate surface area is 145 Å². The summed E-state index contributed by atoms with van der Waals surface area (Å²) in [6.07, 6.45) is 4.64. The van der Waals surface area contributed by atoms with Gasteiger partial charge >= 0.3 is 0 Å². The molecule has 132 valence electrons. The lowest BCUT2D eigenvalue weighted by Crippen LogP contribution is -2.45.